The van der Waals surface area contributed by atoms with Gasteiger partial charge < -0.3 is 18.9 Å². The molecule has 112 heavy (non-hydrogen) atoms. The Morgan fingerprint density at radius 3 is 0.777 bits per heavy atom. The summed E-state index contributed by atoms with van der Waals surface area (Å²) in [5, 5.41) is 0. The maximum atomic E-state index is 6.84. The molecule has 15 aromatic carbocycles. The Morgan fingerprint density at radius 2 is 0.420 bits per heavy atom. The number of fused-ring (bicyclic) bond motifs is 10. The summed E-state index contributed by atoms with van der Waals surface area (Å²) in [6.45, 7) is 9.10. The Bertz CT molecular complexity index is 6620. The molecule has 0 bridgehead atoms. The van der Waals surface area contributed by atoms with Crippen molar-refractivity contribution in [1.29, 1.82) is 0 Å². The van der Waals surface area contributed by atoms with E-state index in [-0.39, 0.29) is 10.8 Å². The lowest BCUT2D eigenvalue weighted by atomic mass is 9.82. The first-order valence-corrected chi connectivity index (χ1v) is 37.8. The third-order valence-corrected chi connectivity index (χ3v) is 22.6. The second kappa shape index (κ2) is 26.1. The average Bonchev–Trinajstić information content (AvgIpc) is 1.56. The molecule has 10 heteroatoms. The fourth-order valence-electron chi connectivity index (χ4n) is 16.6. The number of benzene rings is 15. The van der Waals surface area contributed by atoms with E-state index in [2.05, 4.69) is 307 Å². The van der Waals surface area contributed by atoms with E-state index in [0.717, 1.165) is 100 Å². The van der Waals surface area contributed by atoms with Gasteiger partial charge in [-0.3, -0.25) is 0 Å². The minimum Gasteiger partial charge on any atom is -0.449 e. The molecule has 0 unspecified atom stereocenters. The summed E-state index contributed by atoms with van der Waals surface area (Å²) in [4.78, 5) is 30.8. The summed E-state index contributed by atoms with van der Waals surface area (Å²) in [5.74, 6) is 8.99. The standard InChI is InChI=1S/C102H68N6O4/c1-101(2)83-28-13-11-24-79(83)81-57-89-91(59-85(81)101)111-93-77(26-16-30-87(93)109-89)67-42-52-73(53-43-67)99-104-95(69-20-9-6-10-21-69)103-96(105-99)72-50-40-66(41-51-72)76-23-15-22-75(56-76)65-34-32-63(33-35-65)64-38-48-71(49-39-64)98-106-97(70-46-36-62(37-47-70)61-18-7-5-8-19-61)107-100(108-98)74-54-44-68(45-55-74)78-27-17-31-88-94(78)112-92-60-86-82(58-90(92)110-88)80-25-12-14-29-84(80)102(86,3)4/h5-60H,1-4H3. The molecule has 0 saturated heterocycles. The van der Waals surface area contributed by atoms with Gasteiger partial charge in [0.25, 0.3) is 0 Å². The quantitative estimate of drug-likeness (QED) is 0.117. The van der Waals surface area contributed by atoms with Crippen LogP contribution in [0.3, 0.4) is 0 Å². The average molecular weight is 1440 g/mol. The van der Waals surface area contributed by atoms with Crippen LogP contribution in [0.15, 0.2) is 340 Å². The van der Waals surface area contributed by atoms with Crippen LogP contribution in [0.4, 0.5) is 0 Å². The van der Waals surface area contributed by atoms with Crippen molar-refractivity contribution in [3.8, 4) is 203 Å². The van der Waals surface area contributed by atoms with Crippen molar-refractivity contribution in [2.24, 2.45) is 0 Å². The maximum Gasteiger partial charge on any atom is 0.177 e. The second-order valence-corrected chi connectivity index (χ2v) is 30.1. The van der Waals surface area contributed by atoms with Gasteiger partial charge in [-0.1, -0.05) is 325 Å². The Kier molecular flexibility index (Phi) is 15.4. The van der Waals surface area contributed by atoms with E-state index in [9.17, 15) is 0 Å². The van der Waals surface area contributed by atoms with Crippen LogP contribution in [-0.2, 0) is 10.8 Å². The SMILES string of the molecule is CC1(C)c2ccccc2-c2cc3c(cc21)Oc1c(cccc1-c1ccc(-c2nc(-c4ccccc4)nc(-c4ccc(-c5cccc(-c6ccc(-c7ccc(-c8nc(-c9ccc(-c%10ccccc%10)cc9)nc(-c9ccc(-c%10cccc%11c%10Oc%10cc%12c(cc%10O%11)-c%10ccccc%10C%12(C)C)cc9)n8)cc7)cc6)c5)cc4)n2)cc1)O3. The molecule has 0 spiro atoms. The number of nitrogens with zero attached hydrogens (tertiary/aromatic N) is 6. The summed E-state index contributed by atoms with van der Waals surface area (Å²) in [6, 6.07) is 118. The zero-order valence-corrected chi connectivity index (χ0v) is 61.6. The summed E-state index contributed by atoms with van der Waals surface area (Å²) >= 11 is 0. The predicted octanol–water partition coefficient (Wildman–Crippen LogP) is 26.5. The van der Waals surface area contributed by atoms with E-state index in [1.54, 1.807) is 0 Å². The van der Waals surface area contributed by atoms with Gasteiger partial charge >= 0.3 is 0 Å². The van der Waals surface area contributed by atoms with Crippen LogP contribution in [0.1, 0.15) is 49.9 Å². The van der Waals surface area contributed by atoms with Gasteiger partial charge in [-0.2, -0.15) is 0 Å². The van der Waals surface area contributed by atoms with Gasteiger partial charge in [0, 0.05) is 55.3 Å². The number of aromatic nitrogens is 6. The van der Waals surface area contributed by atoms with Crippen molar-refractivity contribution >= 4 is 0 Å². The van der Waals surface area contributed by atoms with E-state index < -0.39 is 0 Å². The molecule has 21 rings (SSSR count). The molecule has 17 aromatic rings. The molecule has 4 heterocycles. The van der Waals surface area contributed by atoms with Crippen LogP contribution in [-0.4, -0.2) is 29.9 Å². The van der Waals surface area contributed by atoms with E-state index in [0.29, 0.717) is 80.9 Å². The monoisotopic (exact) mass is 1440 g/mol. The fraction of sp³-hybridized carbons (Fsp3) is 0.0588. The summed E-state index contributed by atoms with van der Waals surface area (Å²) in [7, 11) is 0. The van der Waals surface area contributed by atoms with Gasteiger partial charge in [-0.25, -0.2) is 29.9 Å². The summed E-state index contributed by atoms with van der Waals surface area (Å²) in [5.41, 5.74) is 27.4. The fourth-order valence-corrected chi connectivity index (χ4v) is 16.6. The van der Waals surface area contributed by atoms with E-state index in [1.807, 2.05) is 60.7 Å². The van der Waals surface area contributed by atoms with Crippen molar-refractivity contribution < 1.29 is 18.9 Å². The molecule has 2 aliphatic heterocycles. The van der Waals surface area contributed by atoms with Gasteiger partial charge in [-0.05, 0) is 143 Å². The molecule has 0 atom stereocenters. The third kappa shape index (κ3) is 11.4. The molecule has 10 nitrogen and oxygen atoms in total. The van der Waals surface area contributed by atoms with Gasteiger partial charge in [0.1, 0.15) is 0 Å². The Hall–Kier alpha value is -14.5. The molecule has 0 fully saturated rings. The molecule has 0 radical (unpaired) electrons. The lowest BCUT2D eigenvalue weighted by Crippen LogP contribution is -2.15. The van der Waals surface area contributed by atoms with Crippen LogP contribution >= 0.6 is 0 Å². The van der Waals surface area contributed by atoms with Crippen molar-refractivity contribution in [2.75, 3.05) is 0 Å². The molecule has 0 N–H and O–H groups in total. The maximum absolute atomic E-state index is 6.84. The summed E-state index contributed by atoms with van der Waals surface area (Å²) < 4.78 is 26.9. The normalized spacial score (nSPS) is 13.2. The Morgan fingerprint density at radius 1 is 0.170 bits per heavy atom. The smallest absolute Gasteiger partial charge is 0.177 e. The van der Waals surface area contributed by atoms with E-state index >= 15 is 0 Å². The van der Waals surface area contributed by atoms with Gasteiger partial charge in [0.05, 0.1) is 0 Å². The number of hydrogen-bond donors (Lipinski definition) is 0. The number of rotatable bonds is 12. The van der Waals surface area contributed by atoms with Crippen molar-refractivity contribution in [1.82, 2.24) is 29.9 Å². The van der Waals surface area contributed by atoms with E-state index in [4.69, 9.17) is 48.9 Å². The lowest BCUT2D eigenvalue weighted by Gasteiger charge is -2.26. The highest BCUT2D eigenvalue weighted by Crippen LogP contribution is 2.59. The molecular weight excluding hydrogens is 1370 g/mol. The zero-order valence-electron chi connectivity index (χ0n) is 61.6. The topological polar surface area (TPSA) is 114 Å². The first-order valence-electron chi connectivity index (χ1n) is 37.8. The van der Waals surface area contributed by atoms with Crippen LogP contribution < -0.4 is 18.9 Å². The number of para-hydroxylation sites is 2. The molecule has 530 valence electrons. The second-order valence-electron chi connectivity index (χ2n) is 30.1. The molecule has 2 aromatic heterocycles. The first-order chi connectivity index (χ1) is 54.9. The lowest BCUT2D eigenvalue weighted by molar-refractivity contribution is 0.360. The molecule has 0 amide bonds. The highest BCUT2D eigenvalue weighted by atomic mass is 16.6. The predicted molar refractivity (Wildman–Crippen MR) is 447 cm³/mol. The van der Waals surface area contributed by atoms with E-state index in [1.165, 1.54) is 44.5 Å². The minimum absolute atomic E-state index is 0.175. The number of ether oxygens (including phenoxy) is 4. The van der Waals surface area contributed by atoms with Crippen LogP contribution in [0, 0.1) is 0 Å². The molecular formula is C102H68N6O4. The van der Waals surface area contributed by atoms with Crippen molar-refractivity contribution in [3.05, 3.63) is 362 Å². The van der Waals surface area contributed by atoms with Crippen molar-refractivity contribution in [2.45, 2.75) is 38.5 Å². The Labute approximate surface area is 648 Å². The minimum atomic E-state index is -0.181. The van der Waals surface area contributed by atoms with Crippen LogP contribution in [0.5, 0.6) is 46.0 Å². The first kappa shape index (κ1) is 65.8. The van der Waals surface area contributed by atoms with Gasteiger partial charge in [-0.15, -0.1) is 0 Å². The van der Waals surface area contributed by atoms with Crippen LogP contribution in [0.25, 0.3) is 157 Å². The Balaban J connectivity index is 0.527. The van der Waals surface area contributed by atoms with Gasteiger partial charge in [0.2, 0.25) is 0 Å². The van der Waals surface area contributed by atoms with Crippen molar-refractivity contribution in [3.63, 3.8) is 0 Å². The third-order valence-electron chi connectivity index (χ3n) is 22.6. The number of hydrogen-bond acceptors (Lipinski definition) is 10. The highest BCUT2D eigenvalue weighted by Gasteiger charge is 2.40. The van der Waals surface area contributed by atoms with Gasteiger partial charge in [0.15, 0.2) is 80.9 Å². The molecule has 2 aliphatic carbocycles. The highest BCUT2D eigenvalue weighted by molar-refractivity contribution is 5.88. The zero-order chi connectivity index (χ0) is 74.8. The summed E-state index contributed by atoms with van der Waals surface area (Å²) in [6.07, 6.45) is 0. The molecule has 0 saturated carbocycles. The molecule has 4 aliphatic rings. The van der Waals surface area contributed by atoms with Crippen LogP contribution in [0.2, 0.25) is 0 Å². The largest absolute Gasteiger partial charge is 0.449 e.